The van der Waals surface area contributed by atoms with E-state index in [1.165, 1.54) is 22.5 Å². The molecule has 1 fully saturated rings. The summed E-state index contributed by atoms with van der Waals surface area (Å²) in [5.74, 6) is -0.0873. The third-order valence-electron chi connectivity index (χ3n) is 5.04. The van der Waals surface area contributed by atoms with E-state index in [9.17, 15) is 21.6 Å². The Morgan fingerprint density at radius 3 is 2.24 bits per heavy atom. The van der Waals surface area contributed by atoms with Crippen LogP contribution in [0.4, 0.5) is 0 Å². The number of sulfone groups is 1. The van der Waals surface area contributed by atoms with Crippen molar-refractivity contribution in [3.05, 3.63) is 35.9 Å². The van der Waals surface area contributed by atoms with Gasteiger partial charge >= 0.3 is 0 Å². The van der Waals surface area contributed by atoms with Crippen molar-refractivity contribution in [3.63, 3.8) is 0 Å². The molecule has 1 heterocycles. The lowest BCUT2D eigenvalue weighted by Crippen LogP contribution is -2.40. The van der Waals surface area contributed by atoms with Gasteiger partial charge in [-0.25, -0.2) is 16.8 Å². The molecule has 2 rings (SSSR count). The van der Waals surface area contributed by atoms with E-state index >= 15 is 0 Å². The van der Waals surface area contributed by atoms with Crippen LogP contribution < -0.4 is 0 Å². The number of carbonyl (C=O) groups is 1. The first kappa shape index (κ1) is 23.6. The third kappa shape index (κ3) is 5.90. The minimum atomic E-state index is -3.51. The highest BCUT2D eigenvalue weighted by Crippen LogP contribution is 2.20. The van der Waals surface area contributed by atoms with E-state index in [0.29, 0.717) is 31.6 Å². The van der Waals surface area contributed by atoms with Crippen LogP contribution in [0.3, 0.4) is 0 Å². The molecule has 162 valence electrons. The highest BCUT2D eigenvalue weighted by atomic mass is 32.2. The van der Waals surface area contributed by atoms with E-state index in [0.717, 1.165) is 6.42 Å². The van der Waals surface area contributed by atoms with Crippen molar-refractivity contribution in [2.45, 2.75) is 44.6 Å². The van der Waals surface area contributed by atoms with Gasteiger partial charge in [0, 0.05) is 31.8 Å². The fourth-order valence-electron chi connectivity index (χ4n) is 3.46. The summed E-state index contributed by atoms with van der Waals surface area (Å²) in [5, 5.41) is 0. The zero-order valence-electron chi connectivity index (χ0n) is 17.2. The van der Waals surface area contributed by atoms with Crippen LogP contribution in [0.1, 0.15) is 39.2 Å². The summed E-state index contributed by atoms with van der Waals surface area (Å²) in [5.41, 5.74) is 0.701. The molecule has 1 aliphatic rings. The average Bonchev–Trinajstić information content (AvgIpc) is 3.04. The number of hydrogen-bond acceptors (Lipinski definition) is 5. The molecule has 1 saturated heterocycles. The Balaban J connectivity index is 2.13. The van der Waals surface area contributed by atoms with Crippen LogP contribution in [0.25, 0.3) is 6.08 Å². The molecule has 0 saturated carbocycles. The maximum Gasteiger partial charge on any atom is 0.246 e. The second kappa shape index (κ2) is 9.86. The number of carbonyl (C=O) groups excluding carboxylic acids is 1. The van der Waals surface area contributed by atoms with Crippen molar-refractivity contribution < 1.29 is 21.6 Å². The normalized spacial score (nSPS) is 19.1. The molecule has 0 spiro atoms. The van der Waals surface area contributed by atoms with Crippen LogP contribution in [-0.2, 0) is 24.7 Å². The lowest BCUT2D eigenvalue weighted by atomic mass is 10.2. The fourth-order valence-corrected chi connectivity index (χ4v) is 6.65. The molecular weight excluding hydrogens is 412 g/mol. The highest BCUT2D eigenvalue weighted by molar-refractivity contribution is 7.91. The zero-order chi connectivity index (χ0) is 21.7. The van der Waals surface area contributed by atoms with Crippen LogP contribution in [0.2, 0.25) is 0 Å². The van der Waals surface area contributed by atoms with Gasteiger partial charge in [0.15, 0.2) is 9.84 Å². The van der Waals surface area contributed by atoms with Gasteiger partial charge in [-0.1, -0.05) is 32.9 Å². The van der Waals surface area contributed by atoms with Gasteiger partial charge in [0.05, 0.1) is 16.4 Å². The van der Waals surface area contributed by atoms with E-state index in [-0.39, 0.29) is 28.4 Å². The third-order valence-corrected chi connectivity index (χ3v) is 8.85. The first-order chi connectivity index (χ1) is 13.6. The summed E-state index contributed by atoms with van der Waals surface area (Å²) in [6.07, 6.45) is 4.27. The zero-order valence-corrected chi connectivity index (χ0v) is 18.9. The fraction of sp³-hybridized carbons (Fsp3) is 0.550. The highest BCUT2D eigenvalue weighted by Gasteiger charge is 2.33. The maximum absolute atomic E-state index is 12.6. The topological polar surface area (TPSA) is 91.8 Å². The van der Waals surface area contributed by atoms with E-state index in [1.807, 2.05) is 6.92 Å². The molecule has 1 aromatic carbocycles. The predicted octanol–water partition coefficient (Wildman–Crippen LogP) is 2.16. The summed E-state index contributed by atoms with van der Waals surface area (Å²) in [7, 11) is -6.58. The summed E-state index contributed by atoms with van der Waals surface area (Å²) >= 11 is 0. The van der Waals surface area contributed by atoms with Crippen molar-refractivity contribution in [2.75, 3.05) is 31.1 Å². The Hall–Kier alpha value is -1.71. The minimum absolute atomic E-state index is 0.0183. The van der Waals surface area contributed by atoms with Gasteiger partial charge < -0.3 is 4.90 Å². The molecule has 9 heteroatoms. The SMILES string of the molecule is CCCN(C(=O)/C=C/c1ccc(S(=O)(=O)N(CC)CC)cc1)C1CCS(=O)(=O)C1. The molecule has 1 atom stereocenters. The largest absolute Gasteiger partial charge is 0.335 e. The van der Waals surface area contributed by atoms with E-state index in [1.54, 1.807) is 37.0 Å². The molecule has 0 aromatic heterocycles. The predicted molar refractivity (Wildman–Crippen MR) is 115 cm³/mol. The number of benzene rings is 1. The molecular formula is C20H30N2O5S2. The Labute approximate surface area is 174 Å². The molecule has 7 nitrogen and oxygen atoms in total. The first-order valence-electron chi connectivity index (χ1n) is 9.94. The quantitative estimate of drug-likeness (QED) is 0.547. The van der Waals surface area contributed by atoms with Crippen LogP contribution in [0.15, 0.2) is 35.2 Å². The maximum atomic E-state index is 12.6. The smallest absolute Gasteiger partial charge is 0.246 e. The Kier molecular flexibility index (Phi) is 8.02. The number of rotatable bonds is 9. The molecule has 0 N–H and O–H groups in total. The van der Waals surface area contributed by atoms with E-state index < -0.39 is 19.9 Å². The Morgan fingerprint density at radius 1 is 1.14 bits per heavy atom. The van der Waals surface area contributed by atoms with Crippen LogP contribution in [-0.4, -0.2) is 69.1 Å². The minimum Gasteiger partial charge on any atom is -0.335 e. The summed E-state index contributed by atoms with van der Waals surface area (Å²) in [4.78, 5) is 14.5. The van der Waals surface area contributed by atoms with Crippen molar-refractivity contribution in [1.29, 1.82) is 0 Å². The van der Waals surface area contributed by atoms with Crippen LogP contribution in [0.5, 0.6) is 0 Å². The van der Waals surface area contributed by atoms with Gasteiger partial charge in [0.1, 0.15) is 0 Å². The van der Waals surface area contributed by atoms with Crippen molar-refractivity contribution >= 4 is 31.8 Å². The van der Waals surface area contributed by atoms with Crippen molar-refractivity contribution in [3.8, 4) is 0 Å². The molecule has 0 aliphatic carbocycles. The monoisotopic (exact) mass is 442 g/mol. The van der Waals surface area contributed by atoms with Gasteiger partial charge in [0.25, 0.3) is 0 Å². The van der Waals surface area contributed by atoms with Gasteiger partial charge in [-0.15, -0.1) is 0 Å². The van der Waals surface area contributed by atoms with Crippen molar-refractivity contribution in [2.24, 2.45) is 0 Å². The average molecular weight is 443 g/mol. The standard InChI is InChI=1S/C20H30N2O5S2/c1-4-14-22(18-13-15-28(24,25)16-18)20(23)12-9-17-7-10-19(11-8-17)29(26,27)21(5-2)6-3/h7-12,18H,4-6,13-16H2,1-3H3/b12-9+. The molecule has 0 bridgehead atoms. The number of nitrogens with zero attached hydrogens (tertiary/aromatic N) is 2. The summed E-state index contributed by atoms with van der Waals surface area (Å²) < 4.78 is 49.9. The van der Waals surface area contributed by atoms with Crippen LogP contribution >= 0.6 is 0 Å². The lowest BCUT2D eigenvalue weighted by molar-refractivity contribution is -0.127. The molecule has 1 aromatic rings. The molecule has 1 aliphatic heterocycles. The summed E-state index contributed by atoms with van der Waals surface area (Å²) in [6.45, 7) is 6.84. The summed E-state index contributed by atoms with van der Waals surface area (Å²) in [6, 6.07) is 6.10. The molecule has 1 amide bonds. The number of amides is 1. The van der Waals surface area contributed by atoms with Gasteiger partial charge in [0.2, 0.25) is 15.9 Å². The Bertz CT molecular complexity index is 934. The first-order valence-corrected chi connectivity index (χ1v) is 13.2. The number of hydrogen-bond donors (Lipinski definition) is 0. The van der Waals surface area contributed by atoms with Gasteiger partial charge in [-0.2, -0.15) is 4.31 Å². The lowest BCUT2D eigenvalue weighted by Gasteiger charge is -2.26. The van der Waals surface area contributed by atoms with Gasteiger partial charge in [-0.05, 0) is 36.6 Å². The second-order valence-electron chi connectivity index (χ2n) is 7.08. The second-order valence-corrected chi connectivity index (χ2v) is 11.2. The molecule has 0 radical (unpaired) electrons. The van der Waals surface area contributed by atoms with Gasteiger partial charge in [-0.3, -0.25) is 4.79 Å². The molecule has 1 unspecified atom stereocenters. The number of sulfonamides is 1. The van der Waals surface area contributed by atoms with E-state index in [4.69, 9.17) is 0 Å². The van der Waals surface area contributed by atoms with Crippen LogP contribution in [0, 0.1) is 0 Å². The van der Waals surface area contributed by atoms with E-state index in [2.05, 4.69) is 0 Å². The van der Waals surface area contributed by atoms with Crippen molar-refractivity contribution in [1.82, 2.24) is 9.21 Å². The molecule has 29 heavy (non-hydrogen) atoms. The Morgan fingerprint density at radius 2 is 1.76 bits per heavy atom.